The molecule has 4 heteroatoms. The highest BCUT2D eigenvalue weighted by Gasteiger charge is 2.04. The molecule has 1 rings (SSSR count). The Balaban J connectivity index is 0. The zero-order chi connectivity index (χ0) is 16.1. The van der Waals surface area contributed by atoms with Crippen molar-refractivity contribution in [1.29, 1.82) is 0 Å². The minimum Gasteiger partial charge on any atom is -0.478 e. The zero-order valence-electron chi connectivity index (χ0n) is 12.3. The van der Waals surface area contributed by atoms with Crippen molar-refractivity contribution in [2.24, 2.45) is 0 Å². The first-order valence-corrected chi connectivity index (χ1v) is 6.34. The van der Waals surface area contributed by atoms with Crippen molar-refractivity contribution < 1.29 is 19.8 Å². The van der Waals surface area contributed by atoms with Gasteiger partial charge in [0.1, 0.15) is 0 Å². The van der Waals surface area contributed by atoms with E-state index in [4.69, 9.17) is 10.2 Å². The van der Waals surface area contributed by atoms with Crippen molar-refractivity contribution in [3.63, 3.8) is 0 Å². The molecule has 0 atom stereocenters. The molecule has 0 heterocycles. The number of carboxylic acids is 2. The molecule has 0 aliphatic heterocycles. The summed E-state index contributed by atoms with van der Waals surface area (Å²) >= 11 is 0. The van der Waals surface area contributed by atoms with E-state index in [2.05, 4.69) is 25.8 Å². The van der Waals surface area contributed by atoms with Gasteiger partial charge in [-0.2, -0.15) is 0 Å². The van der Waals surface area contributed by atoms with Gasteiger partial charge >= 0.3 is 11.9 Å². The molecule has 1 aliphatic rings. The summed E-state index contributed by atoms with van der Waals surface area (Å²) < 4.78 is 0. The van der Waals surface area contributed by atoms with Gasteiger partial charge in [-0.1, -0.05) is 18.2 Å². The number of carbonyl (C=O) groups is 2. The average molecular weight is 280 g/mol. The Morgan fingerprint density at radius 1 is 1.15 bits per heavy atom. The van der Waals surface area contributed by atoms with E-state index in [1.54, 1.807) is 13.0 Å². The quantitative estimate of drug-likeness (QED) is 0.606. The smallest absolute Gasteiger partial charge is 0.331 e. The van der Waals surface area contributed by atoms with Crippen LogP contribution in [0.2, 0.25) is 0 Å². The Kier molecular flexibility index (Phi) is 12.1. The molecule has 0 spiro atoms. The van der Waals surface area contributed by atoms with Crippen molar-refractivity contribution in [1.82, 2.24) is 0 Å². The molecule has 0 aromatic heterocycles. The Hall–Kier alpha value is -2.10. The maximum atomic E-state index is 10.5. The van der Waals surface area contributed by atoms with E-state index < -0.39 is 11.9 Å². The lowest BCUT2D eigenvalue weighted by Crippen LogP contribution is -1.98. The van der Waals surface area contributed by atoms with E-state index in [0.717, 1.165) is 12.8 Å². The van der Waals surface area contributed by atoms with Gasteiger partial charge in [0.15, 0.2) is 0 Å². The third-order valence-electron chi connectivity index (χ3n) is 2.43. The monoisotopic (exact) mass is 280 g/mol. The van der Waals surface area contributed by atoms with E-state index in [0.29, 0.717) is 5.57 Å². The SMILES string of the molecule is C=C.C=C(C)C(=O)O.CC(=CC1=CCCCC1)C(=O)O. The van der Waals surface area contributed by atoms with E-state index in [1.165, 1.54) is 25.3 Å². The highest BCUT2D eigenvalue weighted by Crippen LogP contribution is 2.19. The first kappa shape index (κ1) is 20.2. The molecule has 0 saturated carbocycles. The van der Waals surface area contributed by atoms with Gasteiger partial charge in [0.05, 0.1) is 0 Å². The molecule has 0 bridgehead atoms. The molecule has 1 aliphatic carbocycles. The van der Waals surface area contributed by atoms with Crippen LogP contribution in [0.4, 0.5) is 0 Å². The summed E-state index contributed by atoms with van der Waals surface area (Å²) in [5.74, 6) is -1.75. The Morgan fingerprint density at radius 2 is 1.65 bits per heavy atom. The van der Waals surface area contributed by atoms with Crippen molar-refractivity contribution >= 4 is 11.9 Å². The molecule has 0 radical (unpaired) electrons. The summed E-state index contributed by atoms with van der Waals surface area (Å²) in [5, 5.41) is 16.5. The highest BCUT2D eigenvalue weighted by atomic mass is 16.4. The van der Waals surface area contributed by atoms with Crippen molar-refractivity contribution in [3.8, 4) is 0 Å². The van der Waals surface area contributed by atoms with Crippen LogP contribution in [0.3, 0.4) is 0 Å². The summed E-state index contributed by atoms with van der Waals surface area (Å²) in [6.07, 6.45) is 8.47. The van der Waals surface area contributed by atoms with E-state index in [9.17, 15) is 9.59 Å². The summed E-state index contributed by atoms with van der Waals surface area (Å²) in [6, 6.07) is 0. The largest absolute Gasteiger partial charge is 0.478 e. The normalized spacial score (nSPS) is 13.7. The van der Waals surface area contributed by atoms with E-state index >= 15 is 0 Å². The molecule has 0 fully saturated rings. The van der Waals surface area contributed by atoms with Crippen LogP contribution in [0.25, 0.3) is 0 Å². The Bertz CT molecular complexity index is 391. The number of allylic oxidation sites excluding steroid dienone is 3. The topological polar surface area (TPSA) is 74.6 Å². The third kappa shape index (κ3) is 11.0. The number of hydrogen-bond acceptors (Lipinski definition) is 2. The molecule has 20 heavy (non-hydrogen) atoms. The molecule has 0 unspecified atom stereocenters. The summed E-state index contributed by atoms with van der Waals surface area (Å²) in [4.78, 5) is 20.1. The molecule has 112 valence electrons. The second-order valence-electron chi connectivity index (χ2n) is 4.24. The van der Waals surface area contributed by atoms with Gasteiger partial charge in [-0.05, 0) is 45.6 Å². The fraction of sp³-hybridized carbons (Fsp3) is 0.375. The van der Waals surface area contributed by atoms with Gasteiger partial charge < -0.3 is 10.2 Å². The van der Waals surface area contributed by atoms with Crippen LogP contribution < -0.4 is 0 Å². The summed E-state index contributed by atoms with van der Waals surface area (Å²) in [6.45, 7) is 12.2. The van der Waals surface area contributed by atoms with Gasteiger partial charge in [0.2, 0.25) is 0 Å². The van der Waals surface area contributed by atoms with Crippen LogP contribution in [-0.2, 0) is 9.59 Å². The van der Waals surface area contributed by atoms with Gasteiger partial charge in [0, 0.05) is 11.1 Å². The first-order chi connectivity index (χ1) is 9.34. The van der Waals surface area contributed by atoms with Gasteiger partial charge in [-0.15, -0.1) is 13.2 Å². The number of rotatable bonds is 3. The van der Waals surface area contributed by atoms with Crippen molar-refractivity contribution in [2.45, 2.75) is 39.5 Å². The van der Waals surface area contributed by atoms with Gasteiger partial charge in [-0.25, -0.2) is 9.59 Å². The molecular weight excluding hydrogens is 256 g/mol. The molecule has 0 amide bonds. The second kappa shape index (κ2) is 12.0. The molecule has 0 saturated heterocycles. The maximum absolute atomic E-state index is 10.5. The number of hydrogen-bond donors (Lipinski definition) is 2. The van der Waals surface area contributed by atoms with Crippen LogP contribution in [0, 0.1) is 0 Å². The van der Waals surface area contributed by atoms with E-state index in [-0.39, 0.29) is 5.57 Å². The zero-order valence-corrected chi connectivity index (χ0v) is 12.3. The predicted octanol–water partition coefficient (Wildman–Crippen LogP) is 3.97. The molecule has 2 N–H and O–H groups in total. The van der Waals surface area contributed by atoms with Crippen molar-refractivity contribution in [2.75, 3.05) is 0 Å². The molecule has 0 aromatic carbocycles. The second-order valence-corrected chi connectivity index (χ2v) is 4.24. The fourth-order valence-corrected chi connectivity index (χ4v) is 1.33. The molecular formula is C16H24O4. The highest BCUT2D eigenvalue weighted by molar-refractivity contribution is 5.86. The lowest BCUT2D eigenvalue weighted by atomic mass is 9.98. The maximum Gasteiger partial charge on any atom is 0.331 e. The Morgan fingerprint density at radius 3 is 1.95 bits per heavy atom. The average Bonchev–Trinajstić information content (AvgIpc) is 2.42. The number of carboxylic acid groups (broad SMARTS) is 2. The first-order valence-electron chi connectivity index (χ1n) is 6.34. The summed E-state index contributed by atoms with van der Waals surface area (Å²) in [5.41, 5.74) is 1.79. The van der Waals surface area contributed by atoms with Crippen LogP contribution in [0.1, 0.15) is 39.5 Å². The molecule has 4 nitrogen and oxygen atoms in total. The molecule has 0 aromatic rings. The fourth-order valence-electron chi connectivity index (χ4n) is 1.33. The van der Waals surface area contributed by atoms with Crippen LogP contribution >= 0.6 is 0 Å². The lowest BCUT2D eigenvalue weighted by Gasteiger charge is -2.08. The van der Waals surface area contributed by atoms with Gasteiger partial charge in [0.25, 0.3) is 0 Å². The number of aliphatic carboxylic acids is 2. The van der Waals surface area contributed by atoms with Gasteiger partial charge in [-0.3, -0.25) is 0 Å². The third-order valence-corrected chi connectivity index (χ3v) is 2.43. The predicted molar refractivity (Wildman–Crippen MR) is 81.6 cm³/mol. The van der Waals surface area contributed by atoms with Crippen LogP contribution in [-0.4, -0.2) is 22.2 Å². The standard InChI is InChI=1S/C10H14O2.C4H6O2.C2H4/c1-8(10(11)12)7-9-5-3-2-4-6-9;1-3(2)4(5)6;1-2/h5,7H,2-4,6H2,1H3,(H,11,12);1H2,2H3,(H,5,6);1-2H2. The van der Waals surface area contributed by atoms with Crippen LogP contribution in [0.15, 0.2) is 48.6 Å². The van der Waals surface area contributed by atoms with E-state index in [1.807, 2.05) is 0 Å². The minimum absolute atomic E-state index is 0.176. The Labute approximate surface area is 120 Å². The minimum atomic E-state index is -0.935. The van der Waals surface area contributed by atoms with Crippen molar-refractivity contribution in [3.05, 3.63) is 48.6 Å². The van der Waals surface area contributed by atoms with Crippen LogP contribution in [0.5, 0.6) is 0 Å². The summed E-state index contributed by atoms with van der Waals surface area (Å²) in [7, 11) is 0. The lowest BCUT2D eigenvalue weighted by molar-refractivity contribution is -0.133.